The summed E-state index contributed by atoms with van der Waals surface area (Å²) in [7, 11) is 0. The number of hydrogen-bond acceptors (Lipinski definition) is 4. The molecule has 1 fully saturated rings. The maximum Gasteiger partial charge on any atom is 0.123 e. The molecule has 2 aromatic rings. The second kappa shape index (κ2) is 6.11. The molecule has 0 amide bonds. The van der Waals surface area contributed by atoms with Gasteiger partial charge in [-0.2, -0.15) is 0 Å². The highest BCUT2D eigenvalue weighted by molar-refractivity contribution is 5.57. The number of hydrogen-bond donors (Lipinski definition) is 1. The molecule has 1 saturated carbocycles. The highest BCUT2D eigenvalue weighted by Crippen LogP contribution is 2.47. The van der Waals surface area contributed by atoms with Gasteiger partial charge in [-0.15, -0.1) is 5.10 Å². The third-order valence-corrected chi connectivity index (χ3v) is 5.21. The minimum Gasteiger partial charge on any atom is -0.390 e. The first-order chi connectivity index (χ1) is 11.7. The molecule has 5 nitrogen and oxygen atoms in total. The minimum atomic E-state index is -0.525. The Kier molecular flexibility index (Phi) is 3.94. The fraction of sp³-hybridized carbons (Fsp3) is 0.444. The summed E-state index contributed by atoms with van der Waals surface area (Å²) in [6, 6.07) is 6.06. The highest BCUT2D eigenvalue weighted by Gasteiger charge is 2.48. The van der Waals surface area contributed by atoms with E-state index < -0.39 is 6.10 Å². The van der Waals surface area contributed by atoms with Crippen LogP contribution in [0.25, 0.3) is 11.3 Å². The number of aliphatic hydroxyl groups excluding tert-OH is 1. The van der Waals surface area contributed by atoms with E-state index in [0.717, 1.165) is 24.8 Å². The van der Waals surface area contributed by atoms with Crippen LogP contribution in [0.1, 0.15) is 25.3 Å². The minimum absolute atomic E-state index is 0.109. The fourth-order valence-corrected chi connectivity index (χ4v) is 3.77. The van der Waals surface area contributed by atoms with E-state index in [1.807, 2.05) is 12.3 Å². The van der Waals surface area contributed by atoms with Crippen molar-refractivity contribution in [2.75, 3.05) is 13.2 Å². The predicted octanol–water partition coefficient (Wildman–Crippen LogP) is 2.74. The van der Waals surface area contributed by atoms with Crippen LogP contribution in [0.15, 0.2) is 42.6 Å². The van der Waals surface area contributed by atoms with E-state index in [9.17, 15) is 9.50 Å². The van der Waals surface area contributed by atoms with Crippen LogP contribution < -0.4 is 0 Å². The van der Waals surface area contributed by atoms with Gasteiger partial charge in [-0.05, 0) is 43.5 Å². The number of allylic oxidation sites excluding steroid dienone is 1. The van der Waals surface area contributed by atoms with Gasteiger partial charge in [-0.25, -0.2) is 9.07 Å². The van der Waals surface area contributed by atoms with Crippen molar-refractivity contribution < 1.29 is 14.2 Å². The predicted molar refractivity (Wildman–Crippen MR) is 86.7 cm³/mol. The van der Waals surface area contributed by atoms with Crippen LogP contribution in [0.2, 0.25) is 0 Å². The lowest BCUT2D eigenvalue weighted by Crippen LogP contribution is -2.37. The number of rotatable bonds is 2. The second-order valence-electron chi connectivity index (χ2n) is 6.69. The van der Waals surface area contributed by atoms with Crippen molar-refractivity contribution in [1.29, 1.82) is 0 Å². The molecule has 1 aliphatic heterocycles. The number of aliphatic hydroxyl groups is 1. The molecule has 1 aromatic carbocycles. The molecular weight excluding hydrogens is 309 g/mol. The fourth-order valence-electron chi connectivity index (χ4n) is 3.77. The van der Waals surface area contributed by atoms with Gasteiger partial charge in [0.25, 0.3) is 0 Å². The van der Waals surface area contributed by atoms with Crippen LogP contribution in [-0.2, 0) is 4.74 Å². The van der Waals surface area contributed by atoms with Crippen molar-refractivity contribution in [2.45, 2.75) is 31.4 Å². The van der Waals surface area contributed by atoms with E-state index in [0.29, 0.717) is 18.9 Å². The number of nitrogens with zero attached hydrogens (tertiary/aromatic N) is 3. The molecular formula is C18H20FN3O2. The maximum atomic E-state index is 13.0. The van der Waals surface area contributed by atoms with Gasteiger partial charge in [-0.1, -0.05) is 17.4 Å². The Bertz CT molecular complexity index is 743. The van der Waals surface area contributed by atoms with E-state index in [4.69, 9.17) is 4.74 Å². The normalized spacial score (nSPS) is 29.9. The SMILES string of the molecule is O[C@H]1[C@H](n2cc(-c3ccc(F)cc3)nn2)CC[C@]12CC=CCOC2. The third kappa shape index (κ3) is 2.65. The summed E-state index contributed by atoms with van der Waals surface area (Å²) in [6.07, 6.45) is 7.97. The summed E-state index contributed by atoms with van der Waals surface area (Å²) in [5, 5.41) is 19.3. The summed E-state index contributed by atoms with van der Waals surface area (Å²) in [5.74, 6) is -0.277. The molecule has 2 heterocycles. The van der Waals surface area contributed by atoms with Gasteiger partial charge in [0.1, 0.15) is 11.5 Å². The summed E-state index contributed by atoms with van der Waals surface area (Å²) >= 11 is 0. The number of ether oxygens (including phenoxy) is 1. The average molecular weight is 329 g/mol. The number of halogens is 1. The molecule has 1 aliphatic carbocycles. The topological polar surface area (TPSA) is 60.2 Å². The third-order valence-electron chi connectivity index (χ3n) is 5.21. The molecule has 1 aromatic heterocycles. The van der Waals surface area contributed by atoms with Gasteiger partial charge in [0.05, 0.1) is 31.6 Å². The van der Waals surface area contributed by atoms with Crippen molar-refractivity contribution in [3.05, 3.63) is 48.4 Å². The number of aromatic nitrogens is 3. The Hall–Kier alpha value is -2.05. The van der Waals surface area contributed by atoms with Gasteiger partial charge in [0, 0.05) is 11.0 Å². The maximum absolute atomic E-state index is 13.0. The van der Waals surface area contributed by atoms with Gasteiger partial charge in [0.15, 0.2) is 0 Å². The molecule has 4 rings (SSSR count). The first-order valence-corrected chi connectivity index (χ1v) is 8.27. The molecule has 126 valence electrons. The molecule has 24 heavy (non-hydrogen) atoms. The monoisotopic (exact) mass is 329 g/mol. The Morgan fingerprint density at radius 1 is 1.25 bits per heavy atom. The largest absolute Gasteiger partial charge is 0.390 e. The van der Waals surface area contributed by atoms with E-state index in [1.165, 1.54) is 12.1 Å². The van der Waals surface area contributed by atoms with Crippen LogP contribution in [-0.4, -0.2) is 39.4 Å². The lowest BCUT2D eigenvalue weighted by atomic mass is 9.81. The summed E-state index contributed by atoms with van der Waals surface area (Å²) in [4.78, 5) is 0. The molecule has 2 aliphatic rings. The summed E-state index contributed by atoms with van der Waals surface area (Å²) < 4.78 is 20.4. The quantitative estimate of drug-likeness (QED) is 0.861. The molecule has 0 unspecified atom stereocenters. The van der Waals surface area contributed by atoms with Crippen LogP contribution in [0, 0.1) is 11.2 Å². The van der Waals surface area contributed by atoms with Gasteiger partial charge >= 0.3 is 0 Å². The Morgan fingerprint density at radius 2 is 2.08 bits per heavy atom. The zero-order chi connectivity index (χ0) is 16.6. The van der Waals surface area contributed by atoms with Crippen LogP contribution in [0.5, 0.6) is 0 Å². The van der Waals surface area contributed by atoms with Crippen molar-refractivity contribution in [2.24, 2.45) is 5.41 Å². The van der Waals surface area contributed by atoms with Crippen LogP contribution in [0.3, 0.4) is 0 Å². The van der Waals surface area contributed by atoms with Crippen molar-refractivity contribution in [3.63, 3.8) is 0 Å². The first kappa shape index (κ1) is 15.5. The van der Waals surface area contributed by atoms with E-state index in [1.54, 1.807) is 16.8 Å². The smallest absolute Gasteiger partial charge is 0.123 e. The van der Waals surface area contributed by atoms with E-state index in [2.05, 4.69) is 16.4 Å². The molecule has 3 atom stereocenters. The number of benzene rings is 1. The molecule has 0 saturated heterocycles. The van der Waals surface area contributed by atoms with E-state index in [-0.39, 0.29) is 17.3 Å². The van der Waals surface area contributed by atoms with Crippen molar-refractivity contribution in [3.8, 4) is 11.3 Å². The Balaban J connectivity index is 1.56. The van der Waals surface area contributed by atoms with Gasteiger partial charge in [-0.3, -0.25) is 0 Å². The lowest BCUT2D eigenvalue weighted by molar-refractivity contribution is -0.0285. The van der Waals surface area contributed by atoms with Crippen molar-refractivity contribution in [1.82, 2.24) is 15.0 Å². The average Bonchev–Trinajstić information content (AvgIpc) is 3.09. The van der Waals surface area contributed by atoms with Crippen LogP contribution in [0.4, 0.5) is 4.39 Å². The van der Waals surface area contributed by atoms with Gasteiger partial charge < -0.3 is 9.84 Å². The summed E-state index contributed by atoms with van der Waals surface area (Å²) in [5.41, 5.74) is 1.25. The zero-order valence-corrected chi connectivity index (χ0v) is 13.3. The second-order valence-corrected chi connectivity index (χ2v) is 6.69. The first-order valence-electron chi connectivity index (χ1n) is 8.27. The Labute approximate surface area is 139 Å². The highest BCUT2D eigenvalue weighted by atomic mass is 19.1. The lowest BCUT2D eigenvalue weighted by Gasteiger charge is -2.31. The molecule has 1 N–H and O–H groups in total. The molecule has 0 radical (unpaired) electrons. The van der Waals surface area contributed by atoms with Gasteiger partial charge in [0.2, 0.25) is 0 Å². The van der Waals surface area contributed by atoms with E-state index >= 15 is 0 Å². The Morgan fingerprint density at radius 3 is 2.92 bits per heavy atom. The molecule has 1 spiro atoms. The standard InChI is InChI=1S/C18H20FN3O2/c19-14-5-3-13(4-6-14)15-11-22(21-20-15)16-7-9-18(17(16)23)8-1-2-10-24-12-18/h1-6,11,16-17,23H,7-10,12H2/t16-,17+,18+/m1/s1. The van der Waals surface area contributed by atoms with Crippen LogP contribution >= 0.6 is 0 Å². The summed E-state index contributed by atoms with van der Waals surface area (Å²) in [6.45, 7) is 1.17. The molecule has 0 bridgehead atoms. The van der Waals surface area contributed by atoms with Crippen molar-refractivity contribution >= 4 is 0 Å². The molecule has 6 heteroatoms. The zero-order valence-electron chi connectivity index (χ0n) is 13.3.